The summed E-state index contributed by atoms with van der Waals surface area (Å²) in [5.41, 5.74) is 0.00163. The molecule has 2 aromatic carbocycles. The Morgan fingerprint density at radius 1 is 1.22 bits per heavy atom. The Morgan fingerprint density at radius 3 is 2.61 bits per heavy atom. The molecule has 3 nitrogen and oxygen atoms in total. The number of carbonyl (C=O) groups is 1. The standard InChI is InChI=1S/C13H8BrFO3/c14-10-5-2-6-11(12(10)13(16)17)18-9-4-1-3-8(15)7-9/h1-7H,(H,16,17). The molecule has 0 bridgehead atoms. The van der Waals surface area contributed by atoms with E-state index < -0.39 is 11.8 Å². The van der Waals surface area contributed by atoms with Gasteiger partial charge in [-0.1, -0.05) is 12.1 Å². The van der Waals surface area contributed by atoms with E-state index in [0.29, 0.717) is 4.47 Å². The van der Waals surface area contributed by atoms with Crippen LogP contribution in [0.2, 0.25) is 0 Å². The van der Waals surface area contributed by atoms with Gasteiger partial charge in [-0.3, -0.25) is 0 Å². The first-order valence-corrected chi connectivity index (χ1v) is 5.82. The average molecular weight is 311 g/mol. The highest BCUT2D eigenvalue weighted by atomic mass is 79.9. The first-order valence-electron chi connectivity index (χ1n) is 5.03. The zero-order chi connectivity index (χ0) is 13.1. The summed E-state index contributed by atoms with van der Waals surface area (Å²) < 4.78 is 18.8. The molecule has 0 fully saturated rings. The van der Waals surface area contributed by atoms with E-state index in [-0.39, 0.29) is 17.1 Å². The predicted molar refractivity (Wildman–Crippen MR) is 67.6 cm³/mol. The molecule has 2 rings (SSSR count). The van der Waals surface area contributed by atoms with Gasteiger partial charge in [-0.15, -0.1) is 0 Å². The van der Waals surface area contributed by atoms with Gasteiger partial charge in [0.25, 0.3) is 0 Å². The molecule has 0 aromatic heterocycles. The van der Waals surface area contributed by atoms with Crippen LogP contribution in [-0.4, -0.2) is 11.1 Å². The molecule has 0 saturated heterocycles. The molecule has 2 aromatic rings. The number of ether oxygens (including phenoxy) is 1. The number of benzene rings is 2. The van der Waals surface area contributed by atoms with Gasteiger partial charge in [0.1, 0.15) is 22.9 Å². The van der Waals surface area contributed by atoms with Crippen LogP contribution in [0, 0.1) is 5.82 Å². The quantitative estimate of drug-likeness (QED) is 0.929. The van der Waals surface area contributed by atoms with E-state index in [1.807, 2.05) is 0 Å². The lowest BCUT2D eigenvalue weighted by Crippen LogP contribution is -2.01. The summed E-state index contributed by atoms with van der Waals surface area (Å²) in [6.45, 7) is 0. The van der Waals surface area contributed by atoms with Crippen LogP contribution in [0.1, 0.15) is 10.4 Å². The highest BCUT2D eigenvalue weighted by Crippen LogP contribution is 2.30. The largest absolute Gasteiger partial charge is 0.478 e. The molecule has 0 aliphatic heterocycles. The van der Waals surface area contributed by atoms with Crippen molar-refractivity contribution in [1.29, 1.82) is 0 Å². The van der Waals surface area contributed by atoms with Crippen LogP contribution in [0.3, 0.4) is 0 Å². The second-order valence-electron chi connectivity index (χ2n) is 3.48. The fraction of sp³-hybridized carbons (Fsp3) is 0. The molecule has 0 atom stereocenters. The molecule has 0 radical (unpaired) electrons. The van der Waals surface area contributed by atoms with Crippen LogP contribution in [0.5, 0.6) is 11.5 Å². The number of halogens is 2. The topological polar surface area (TPSA) is 46.5 Å². The van der Waals surface area contributed by atoms with Gasteiger partial charge in [0.2, 0.25) is 0 Å². The number of aromatic carboxylic acids is 1. The molecule has 0 saturated carbocycles. The lowest BCUT2D eigenvalue weighted by molar-refractivity contribution is 0.0693. The predicted octanol–water partition coefficient (Wildman–Crippen LogP) is 4.08. The van der Waals surface area contributed by atoms with Gasteiger partial charge in [0.15, 0.2) is 0 Å². The normalized spacial score (nSPS) is 10.1. The molecule has 92 valence electrons. The zero-order valence-electron chi connectivity index (χ0n) is 9.06. The van der Waals surface area contributed by atoms with Gasteiger partial charge < -0.3 is 9.84 Å². The Bertz CT molecular complexity index is 599. The summed E-state index contributed by atoms with van der Waals surface area (Å²) in [6, 6.07) is 10.3. The van der Waals surface area contributed by atoms with Crippen LogP contribution >= 0.6 is 15.9 Å². The Morgan fingerprint density at radius 2 is 1.94 bits per heavy atom. The number of hydrogen-bond donors (Lipinski definition) is 1. The second-order valence-corrected chi connectivity index (χ2v) is 4.33. The van der Waals surface area contributed by atoms with Crippen molar-refractivity contribution in [3.8, 4) is 11.5 Å². The maximum absolute atomic E-state index is 13.0. The zero-order valence-corrected chi connectivity index (χ0v) is 10.6. The molecule has 0 amide bonds. The lowest BCUT2D eigenvalue weighted by atomic mass is 10.2. The smallest absolute Gasteiger partial charge is 0.340 e. The molecule has 0 aliphatic carbocycles. The lowest BCUT2D eigenvalue weighted by Gasteiger charge is -2.09. The highest BCUT2D eigenvalue weighted by molar-refractivity contribution is 9.10. The fourth-order valence-corrected chi connectivity index (χ4v) is 1.97. The van der Waals surface area contributed by atoms with Crippen LogP contribution in [-0.2, 0) is 0 Å². The minimum absolute atomic E-state index is 0.00163. The summed E-state index contributed by atoms with van der Waals surface area (Å²) >= 11 is 3.14. The summed E-state index contributed by atoms with van der Waals surface area (Å²) in [4.78, 5) is 11.1. The van der Waals surface area contributed by atoms with Crippen LogP contribution in [0.4, 0.5) is 4.39 Å². The maximum atomic E-state index is 13.0. The van der Waals surface area contributed by atoms with Crippen LogP contribution < -0.4 is 4.74 Å². The molecule has 1 N–H and O–H groups in total. The Labute approximate surface area is 111 Å². The monoisotopic (exact) mass is 310 g/mol. The van der Waals surface area contributed by atoms with Crippen molar-refractivity contribution in [3.05, 3.63) is 58.3 Å². The van der Waals surface area contributed by atoms with Gasteiger partial charge in [-0.2, -0.15) is 0 Å². The Kier molecular flexibility index (Phi) is 3.62. The van der Waals surface area contributed by atoms with E-state index in [4.69, 9.17) is 9.84 Å². The maximum Gasteiger partial charge on any atom is 0.340 e. The first kappa shape index (κ1) is 12.6. The van der Waals surface area contributed by atoms with Crippen molar-refractivity contribution in [2.75, 3.05) is 0 Å². The van der Waals surface area contributed by atoms with Gasteiger partial charge in [0.05, 0.1) is 0 Å². The number of hydrogen-bond acceptors (Lipinski definition) is 2. The number of carboxylic acids is 1. The van der Waals surface area contributed by atoms with E-state index >= 15 is 0 Å². The molecule has 18 heavy (non-hydrogen) atoms. The van der Waals surface area contributed by atoms with E-state index in [2.05, 4.69) is 15.9 Å². The van der Waals surface area contributed by atoms with Crippen molar-refractivity contribution in [3.63, 3.8) is 0 Å². The minimum atomic E-state index is -1.12. The van der Waals surface area contributed by atoms with Crippen LogP contribution in [0.15, 0.2) is 46.9 Å². The number of carboxylic acid groups (broad SMARTS) is 1. The number of rotatable bonds is 3. The highest BCUT2D eigenvalue weighted by Gasteiger charge is 2.15. The molecular weight excluding hydrogens is 303 g/mol. The molecular formula is C13H8BrFO3. The fourth-order valence-electron chi connectivity index (χ4n) is 1.45. The molecule has 0 spiro atoms. The van der Waals surface area contributed by atoms with E-state index in [0.717, 1.165) is 0 Å². The van der Waals surface area contributed by atoms with Crippen molar-refractivity contribution >= 4 is 21.9 Å². The van der Waals surface area contributed by atoms with Crippen molar-refractivity contribution in [1.82, 2.24) is 0 Å². The van der Waals surface area contributed by atoms with Crippen LogP contribution in [0.25, 0.3) is 0 Å². The SMILES string of the molecule is O=C(O)c1c(Br)cccc1Oc1cccc(F)c1. The van der Waals surface area contributed by atoms with Gasteiger partial charge in [0, 0.05) is 10.5 Å². The van der Waals surface area contributed by atoms with E-state index in [9.17, 15) is 9.18 Å². The van der Waals surface area contributed by atoms with Gasteiger partial charge >= 0.3 is 5.97 Å². The summed E-state index contributed by atoms with van der Waals surface area (Å²) in [5.74, 6) is -1.16. The molecule has 0 heterocycles. The van der Waals surface area contributed by atoms with Crippen molar-refractivity contribution in [2.45, 2.75) is 0 Å². The van der Waals surface area contributed by atoms with Gasteiger partial charge in [-0.25, -0.2) is 9.18 Å². The Balaban J connectivity index is 2.40. The molecule has 5 heteroatoms. The first-order chi connectivity index (χ1) is 8.58. The van der Waals surface area contributed by atoms with Crippen molar-refractivity contribution in [2.24, 2.45) is 0 Å². The summed E-state index contributed by atoms with van der Waals surface area (Å²) in [7, 11) is 0. The van der Waals surface area contributed by atoms with Gasteiger partial charge in [-0.05, 0) is 40.2 Å². The molecule has 0 unspecified atom stereocenters. The summed E-state index contributed by atoms with van der Waals surface area (Å²) in [5, 5.41) is 9.10. The van der Waals surface area contributed by atoms with E-state index in [1.165, 1.54) is 24.3 Å². The third-order valence-electron chi connectivity index (χ3n) is 2.21. The summed E-state index contributed by atoms with van der Waals surface area (Å²) in [6.07, 6.45) is 0. The molecule has 0 aliphatic rings. The second kappa shape index (κ2) is 5.18. The Hall–Kier alpha value is -1.88. The average Bonchev–Trinajstić information content (AvgIpc) is 2.28. The van der Waals surface area contributed by atoms with Crippen molar-refractivity contribution < 1.29 is 19.0 Å². The third-order valence-corrected chi connectivity index (χ3v) is 2.87. The van der Waals surface area contributed by atoms with E-state index in [1.54, 1.807) is 18.2 Å². The minimum Gasteiger partial charge on any atom is -0.478 e. The third kappa shape index (κ3) is 2.68.